The summed E-state index contributed by atoms with van der Waals surface area (Å²) in [6.45, 7) is 14.2. The fourth-order valence-corrected chi connectivity index (χ4v) is 2.45. The highest BCUT2D eigenvalue weighted by Gasteiger charge is 2.13. The minimum Gasteiger partial charge on any atom is -0.381 e. The predicted octanol–water partition coefficient (Wildman–Crippen LogP) is 3.85. The first-order valence-electron chi connectivity index (χ1n) is 7.41. The Labute approximate surface area is 109 Å². The Kier molecular flexibility index (Phi) is 11.0. The fraction of sp³-hybridized carbons (Fsp3) is 1.00. The van der Waals surface area contributed by atoms with Gasteiger partial charge in [0.25, 0.3) is 0 Å². The summed E-state index contributed by atoms with van der Waals surface area (Å²) >= 11 is 0. The number of hydrogen-bond donors (Lipinski definition) is 1. The standard InChI is InChI=1S/C15H33NO/c1-6-9-17-10-8-15(16-7-2)12-14(5)11-13(3)4/h13-16H,6-12H2,1-5H3. The lowest BCUT2D eigenvalue weighted by molar-refractivity contribution is 0.121. The summed E-state index contributed by atoms with van der Waals surface area (Å²) in [5.74, 6) is 1.62. The van der Waals surface area contributed by atoms with Gasteiger partial charge >= 0.3 is 0 Å². The van der Waals surface area contributed by atoms with Gasteiger partial charge in [-0.2, -0.15) is 0 Å². The molecule has 0 spiro atoms. The number of rotatable bonds is 11. The molecule has 104 valence electrons. The first kappa shape index (κ1) is 16.9. The molecular formula is C15H33NO. The molecule has 0 aliphatic carbocycles. The molecule has 0 bridgehead atoms. The van der Waals surface area contributed by atoms with Crippen LogP contribution in [0.4, 0.5) is 0 Å². The maximum absolute atomic E-state index is 5.58. The molecule has 0 saturated carbocycles. The van der Waals surface area contributed by atoms with Gasteiger partial charge in [-0.25, -0.2) is 0 Å². The van der Waals surface area contributed by atoms with Crippen molar-refractivity contribution in [3.8, 4) is 0 Å². The SMILES string of the molecule is CCCOCCC(CC(C)CC(C)C)NCC. The van der Waals surface area contributed by atoms with E-state index in [0.717, 1.165) is 44.4 Å². The van der Waals surface area contributed by atoms with E-state index in [9.17, 15) is 0 Å². The minimum absolute atomic E-state index is 0.630. The van der Waals surface area contributed by atoms with Gasteiger partial charge in [0.15, 0.2) is 0 Å². The third kappa shape index (κ3) is 10.8. The molecule has 0 heterocycles. The van der Waals surface area contributed by atoms with Crippen LogP contribution in [0, 0.1) is 11.8 Å². The van der Waals surface area contributed by atoms with E-state index >= 15 is 0 Å². The molecule has 17 heavy (non-hydrogen) atoms. The molecule has 1 N–H and O–H groups in total. The zero-order chi connectivity index (χ0) is 13.1. The van der Waals surface area contributed by atoms with Crippen molar-refractivity contribution >= 4 is 0 Å². The molecule has 0 aliphatic heterocycles. The predicted molar refractivity (Wildman–Crippen MR) is 76.4 cm³/mol. The van der Waals surface area contributed by atoms with Crippen molar-refractivity contribution in [1.29, 1.82) is 0 Å². The smallest absolute Gasteiger partial charge is 0.0480 e. The lowest BCUT2D eigenvalue weighted by Crippen LogP contribution is -2.32. The Morgan fingerprint density at radius 1 is 1.00 bits per heavy atom. The molecule has 0 fully saturated rings. The van der Waals surface area contributed by atoms with E-state index in [1.54, 1.807) is 0 Å². The number of hydrogen-bond acceptors (Lipinski definition) is 2. The van der Waals surface area contributed by atoms with Crippen LogP contribution < -0.4 is 5.32 Å². The van der Waals surface area contributed by atoms with Crippen LogP contribution in [0.5, 0.6) is 0 Å². The van der Waals surface area contributed by atoms with E-state index in [1.165, 1.54) is 12.8 Å². The maximum atomic E-state index is 5.58. The second kappa shape index (κ2) is 11.0. The monoisotopic (exact) mass is 243 g/mol. The van der Waals surface area contributed by atoms with Gasteiger partial charge in [0.2, 0.25) is 0 Å². The lowest BCUT2D eigenvalue weighted by atomic mass is 9.91. The average Bonchev–Trinajstić information content (AvgIpc) is 2.23. The largest absolute Gasteiger partial charge is 0.381 e. The topological polar surface area (TPSA) is 21.3 Å². The van der Waals surface area contributed by atoms with Crippen molar-refractivity contribution in [2.75, 3.05) is 19.8 Å². The Bertz CT molecular complexity index is 159. The van der Waals surface area contributed by atoms with Gasteiger partial charge in [0.1, 0.15) is 0 Å². The van der Waals surface area contributed by atoms with Crippen molar-refractivity contribution in [2.24, 2.45) is 11.8 Å². The number of ether oxygens (including phenoxy) is 1. The molecule has 2 nitrogen and oxygen atoms in total. The van der Waals surface area contributed by atoms with Crippen molar-refractivity contribution in [2.45, 2.75) is 66.3 Å². The quantitative estimate of drug-likeness (QED) is 0.556. The van der Waals surface area contributed by atoms with Crippen LogP contribution >= 0.6 is 0 Å². The van der Waals surface area contributed by atoms with Crippen molar-refractivity contribution in [1.82, 2.24) is 5.32 Å². The van der Waals surface area contributed by atoms with Crippen LogP contribution in [0.25, 0.3) is 0 Å². The van der Waals surface area contributed by atoms with E-state index in [0.29, 0.717) is 6.04 Å². The maximum Gasteiger partial charge on any atom is 0.0480 e. The zero-order valence-corrected chi connectivity index (χ0v) is 12.6. The fourth-order valence-electron chi connectivity index (χ4n) is 2.45. The zero-order valence-electron chi connectivity index (χ0n) is 12.6. The highest BCUT2D eigenvalue weighted by Crippen LogP contribution is 2.17. The summed E-state index contributed by atoms with van der Waals surface area (Å²) in [5, 5.41) is 3.58. The van der Waals surface area contributed by atoms with E-state index in [1.807, 2.05) is 0 Å². The first-order chi connectivity index (χ1) is 8.10. The number of nitrogens with one attached hydrogen (secondary N) is 1. The molecule has 0 rings (SSSR count). The van der Waals surface area contributed by atoms with Gasteiger partial charge in [-0.05, 0) is 44.1 Å². The third-order valence-corrected chi connectivity index (χ3v) is 3.01. The van der Waals surface area contributed by atoms with E-state index in [-0.39, 0.29) is 0 Å². The molecular weight excluding hydrogens is 210 g/mol. The van der Waals surface area contributed by atoms with Crippen molar-refractivity contribution in [3.63, 3.8) is 0 Å². The van der Waals surface area contributed by atoms with Gasteiger partial charge in [0, 0.05) is 19.3 Å². The van der Waals surface area contributed by atoms with Gasteiger partial charge < -0.3 is 10.1 Å². The van der Waals surface area contributed by atoms with E-state index in [2.05, 4.69) is 39.9 Å². The van der Waals surface area contributed by atoms with Crippen LogP contribution in [0.3, 0.4) is 0 Å². The molecule has 0 aromatic heterocycles. The molecule has 2 unspecified atom stereocenters. The highest BCUT2D eigenvalue weighted by atomic mass is 16.5. The molecule has 0 radical (unpaired) electrons. The van der Waals surface area contributed by atoms with Gasteiger partial charge in [-0.1, -0.05) is 34.6 Å². The molecule has 0 aromatic carbocycles. The minimum atomic E-state index is 0.630. The molecule has 2 heteroatoms. The Morgan fingerprint density at radius 3 is 2.24 bits per heavy atom. The summed E-state index contributed by atoms with van der Waals surface area (Å²) < 4.78 is 5.58. The summed E-state index contributed by atoms with van der Waals surface area (Å²) in [5.41, 5.74) is 0. The molecule has 0 aliphatic rings. The average molecular weight is 243 g/mol. The molecule has 0 aromatic rings. The molecule has 0 amide bonds. The first-order valence-corrected chi connectivity index (χ1v) is 7.41. The van der Waals surface area contributed by atoms with Crippen LogP contribution in [0.1, 0.15) is 60.3 Å². The van der Waals surface area contributed by atoms with E-state index in [4.69, 9.17) is 4.74 Å². The summed E-state index contributed by atoms with van der Waals surface area (Å²) in [6.07, 6.45) is 4.88. The Balaban J connectivity index is 3.79. The van der Waals surface area contributed by atoms with E-state index < -0.39 is 0 Å². The third-order valence-electron chi connectivity index (χ3n) is 3.01. The van der Waals surface area contributed by atoms with Crippen LogP contribution in [-0.2, 0) is 4.74 Å². The van der Waals surface area contributed by atoms with Crippen LogP contribution in [0.2, 0.25) is 0 Å². The van der Waals surface area contributed by atoms with Crippen molar-refractivity contribution < 1.29 is 4.74 Å². The Hall–Kier alpha value is -0.0800. The molecule has 2 atom stereocenters. The van der Waals surface area contributed by atoms with Crippen LogP contribution in [0.15, 0.2) is 0 Å². The summed E-state index contributed by atoms with van der Waals surface area (Å²) in [4.78, 5) is 0. The van der Waals surface area contributed by atoms with Crippen LogP contribution in [-0.4, -0.2) is 25.8 Å². The van der Waals surface area contributed by atoms with Gasteiger partial charge in [-0.15, -0.1) is 0 Å². The van der Waals surface area contributed by atoms with Gasteiger partial charge in [0.05, 0.1) is 0 Å². The van der Waals surface area contributed by atoms with Gasteiger partial charge in [-0.3, -0.25) is 0 Å². The second-order valence-electron chi connectivity index (χ2n) is 5.63. The summed E-state index contributed by atoms with van der Waals surface area (Å²) in [6, 6.07) is 0.630. The second-order valence-corrected chi connectivity index (χ2v) is 5.63. The molecule has 0 saturated heterocycles. The Morgan fingerprint density at radius 2 is 1.71 bits per heavy atom. The lowest BCUT2D eigenvalue weighted by Gasteiger charge is -2.23. The highest BCUT2D eigenvalue weighted by molar-refractivity contribution is 4.70. The summed E-state index contributed by atoms with van der Waals surface area (Å²) in [7, 11) is 0. The normalized spacial score (nSPS) is 15.2. The van der Waals surface area contributed by atoms with Crippen molar-refractivity contribution in [3.05, 3.63) is 0 Å².